The molecule has 2 aromatic carbocycles. The zero-order valence-electron chi connectivity index (χ0n) is 28.2. The zero-order chi connectivity index (χ0) is 32.4. The lowest BCUT2D eigenvalue weighted by molar-refractivity contribution is -0.117. The van der Waals surface area contributed by atoms with Crippen molar-refractivity contribution in [3.63, 3.8) is 0 Å². The van der Waals surface area contributed by atoms with Gasteiger partial charge < -0.3 is 19.5 Å². The number of ketones is 1. The quantitative estimate of drug-likeness (QED) is 0.119. The SMILES string of the molecule is C/C=C(\C(=C/CC)CC)N1CCN(CCCOc2ccccc2CCC(CCCCC(C)=O)Cc2ccc(C(=O)O)cc2)CC1. The number of aromatic carboxylic acids is 1. The summed E-state index contributed by atoms with van der Waals surface area (Å²) in [6.45, 7) is 14.4. The number of para-hydroxylation sites is 1. The Morgan fingerprint density at radius 3 is 2.33 bits per heavy atom. The van der Waals surface area contributed by atoms with Crippen molar-refractivity contribution in [2.45, 2.75) is 91.9 Å². The number of rotatable bonds is 20. The van der Waals surface area contributed by atoms with Crippen LogP contribution in [0.3, 0.4) is 0 Å². The van der Waals surface area contributed by atoms with E-state index in [1.807, 2.05) is 12.1 Å². The van der Waals surface area contributed by atoms with Crippen molar-refractivity contribution in [1.29, 1.82) is 0 Å². The average molecular weight is 617 g/mol. The van der Waals surface area contributed by atoms with E-state index in [1.165, 1.54) is 16.8 Å². The molecule has 1 N–H and O–H groups in total. The second kappa shape index (κ2) is 19.9. The highest BCUT2D eigenvalue weighted by Crippen LogP contribution is 2.26. The van der Waals surface area contributed by atoms with E-state index < -0.39 is 5.97 Å². The minimum atomic E-state index is -0.898. The minimum absolute atomic E-state index is 0.248. The molecule has 3 rings (SSSR count). The molecule has 6 heteroatoms. The van der Waals surface area contributed by atoms with Crippen LogP contribution in [0.4, 0.5) is 0 Å². The Hall–Kier alpha value is -3.38. The number of unbranched alkanes of at least 4 members (excludes halogenated alkanes) is 1. The molecular weight excluding hydrogens is 560 g/mol. The number of carboxylic acids is 1. The molecule has 0 saturated carbocycles. The fraction of sp³-hybridized carbons (Fsp3) is 0.538. The molecule has 1 saturated heterocycles. The molecule has 6 nitrogen and oxygen atoms in total. The number of Topliss-reactive ketones (excluding diaryl/α,β-unsaturated/α-hetero) is 1. The normalized spacial score (nSPS) is 15.2. The van der Waals surface area contributed by atoms with E-state index in [0.29, 0.717) is 24.5 Å². The van der Waals surface area contributed by atoms with Crippen LogP contribution in [0.25, 0.3) is 0 Å². The van der Waals surface area contributed by atoms with Crippen molar-refractivity contribution in [2.75, 3.05) is 39.3 Å². The van der Waals surface area contributed by atoms with Crippen LogP contribution >= 0.6 is 0 Å². The van der Waals surface area contributed by atoms with Gasteiger partial charge in [-0.3, -0.25) is 4.90 Å². The van der Waals surface area contributed by atoms with Crippen LogP contribution < -0.4 is 4.74 Å². The van der Waals surface area contributed by atoms with Gasteiger partial charge in [-0.05, 0) is 99.6 Å². The molecule has 246 valence electrons. The molecule has 0 amide bonds. The number of hydrogen-bond acceptors (Lipinski definition) is 5. The van der Waals surface area contributed by atoms with E-state index in [4.69, 9.17) is 4.74 Å². The van der Waals surface area contributed by atoms with Crippen LogP contribution in [0, 0.1) is 5.92 Å². The zero-order valence-corrected chi connectivity index (χ0v) is 28.2. The molecule has 1 heterocycles. The Morgan fingerprint density at radius 2 is 1.69 bits per heavy atom. The second-order valence-corrected chi connectivity index (χ2v) is 12.4. The first-order valence-electron chi connectivity index (χ1n) is 17.2. The smallest absolute Gasteiger partial charge is 0.335 e. The summed E-state index contributed by atoms with van der Waals surface area (Å²) in [7, 11) is 0. The maximum Gasteiger partial charge on any atom is 0.335 e. The van der Waals surface area contributed by atoms with Crippen LogP contribution in [-0.2, 0) is 17.6 Å². The monoisotopic (exact) mass is 616 g/mol. The molecular formula is C39H56N2O4. The second-order valence-electron chi connectivity index (χ2n) is 12.4. The Morgan fingerprint density at radius 1 is 0.956 bits per heavy atom. The summed E-state index contributed by atoms with van der Waals surface area (Å²) in [5.41, 5.74) is 5.60. The van der Waals surface area contributed by atoms with Crippen LogP contribution in [0.2, 0.25) is 0 Å². The van der Waals surface area contributed by atoms with Gasteiger partial charge in [0.25, 0.3) is 0 Å². The predicted octanol–water partition coefficient (Wildman–Crippen LogP) is 8.36. The molecule has 0 aliphatic carbocycles. The number of carbonyl (C=O) groups is 2. The highest BCUT2D eigenvalue weighted by atomic mass is 16.5. The van der Waals surface area contributed by atoms with Gasteiger partial charge in [0, 0.05) is 44.8 Å². The Bertz CT molecular complexity index is 1240. The molecule has 45 heavy (non-hydrogen) atoms. The lowest BCUT2D eigenvalue weighted by Gasteiger charge is -2.38. The molecule has 1 unspecified atom stereocenters. The van der Waals surface area contributed by atoms with Gasteiger partial charge >= 0.3 is 5.97 Å². The van der Waals surface area contributed by atoms with Crippen LogP contribution in [-0.4, -0.2) is 66.0 Å². The average Bonchev–Trinajstić information content (AvgIpc) is 3.05. The van der Waals surface area contributed by atoms with Gasteiger partial charge in [0.1, 0.15) is 11.5 Å². The van der Waals surface area contributed by atoms with Crippen molar-refractivity contribution in [3.05, 3.63) is 88.6 Å². The maximum absolute atomic E-state index is 11.4. The summed E-state index contributed by atoms with van der Waals surface area (Å²) < 4.78 is 6.34. The fourth-order valence-electron chi connectivity index (χ4n) is 6.41. The van der Waals surface area contributed by atoms with Crippen molar-refractivity contribution in [2.24, 2.45) is 5.92 Å². The minimum Gasteiger partial charge on any atom is -0.493 e. The summed E-state index contributed by atoms with van der Waals surface area (Å²) in [5.74, 6) is 0.784. The van der Waals surface area contributed by atoms with Crippen LogP contribution in [0.15, 0.2) is 72.0 Å². The third kappa shape index (κ3) is 12.5. The van der Waals surface area contributed by atoms with Crippen LogP contribution in [0.1, 0.15) is 101 Å². The molecule has 1 atom stereocenters. The topological polar surface area (TPSA) is 70.1 Å². The molecule has 0 spiro atoms. The lowest BCUT2D eigenvalue weighted by Crippen LogP contribution is -2.46. The van der Waals surface area contributed by atoms with Gasteiger partial charge in [-0.2, -0.15) is 0 Å². The fourth-order valence-corrected chi connectivity index (χ4v) is 6.41. The van der Waals surface area contributed by atoms with E-state index in [9.17, 15) is 14.7 Å². The number of carbonyl (C=O) groups excluding carboxylic acids is 1. The number of nitrogens with zero attached hydrogens (tertiary/aromatic N) is 2. The maximum atomic E-state index is 11.4. The highest BCUT2D eigenvalue weighted by Gasteiger charge is 2.20. The number of benzene rings is 2. The van der Waals surface area contributed by atoms with Gasteiger partial charge in [-0.1, -0.05) is 69.2 Å². The summed E-state index contributed by atoms with van der Waals surface area (Å²) >= 11 is 0. The molecule has 1 aliphatic heterocycles. The van der Waals surface area contributed by atoms with E-state index in [-0.39, 0.29) is 5.78 Å². The van der Waals surface area contributed by atoms with E-state index in [1.54, 1.807) is 19.1 Å². The highest BCUT2D eigenvalue weighted by molar-refractivity contribution is 5.87. The van der Waals surface area contributed by atoms with E-state index in [2.05, 4.69) is 67.0 Å². The summed E-state index contributed by atoms with van der Waals surface area (Å²) in [5, 5.41) is 9.25. The standard InChI is InChI=1S/C39H56N2O4/c1-5-13-34(6-2)37(7-3)41-27-25-40(26-28-41)24-12-29-45-38-17-11-10-16-35(38)21-18-32(15-9-8-14-31(4)42)30-33-19-22-36(23-20-33)39(43)44/h7,10-11,13,16-17,19-20,22-23,32H,5-6,8-9,12,14-15,18,21,24-30H2,1-4H3,(H,43,44)/b34-13-,37-7+. The van der Waals surface area contributed by atoms with Gasteiger partial charge in [-0.15, -0.1) is 0 Å². The van der Waals surface area contributed by atoms with Crippen molar-refractivity contribution >= 4 is 11.8 Å². The third-order valence-electron chi connectivity index (χ3n) is 8.93. The van der Waals surface area contributed by atoms with Crippen molar-refractivity contribution < 1.29 is 19.4 Å². The van der Waals surface area contributed by atoms with Crippen molar-refractivity contribution in [3.8, 4) is 5.75 Å². The Kier molecular flexibility index (Phi) is 16.0. The number of aryl methyl sites for hydroxylation is 1. The number of hydrogen-bond donors (Lipinski definition) is 1. The first-order valence-corrected chi connectivity index (χ1v) is 17.2. The number of piperazine rings is 1. The molecule has 1 aliphatic rings. The van der Waals surface area contributed by atoms with Crippen molar-refractivity contribution in [1.82, 2.24) is 9.80 Å². The largest absolute Gasteiger partial charge is 0.493 e. The Balaban J connectivity index is 1.49. The van der Waals surface area contributed by atoms with Gasteiger partial charge in [0.2, 0.25) is 0 Å². The number of ether oxygens (including phenoxy) is 1. The van der Waals surface area contributed by atoms with Gasteiger partial charge in [0.15, 0.2) is 0 Å². The molecule has 1 fully saturated rings. The van der Waals surface area contributed by atoms with Crippen LogP contribution in [0.5, 0.6) is 5.75 Å². The first kappa shape index (κ1) is 36.1. The van der Waals surface area contributed by atoms with Gasteiger partial charge in [0.05, 0.1) is 12.2 Å². The van der Waals surface area contributed by atoms with E-state index in [0.717, 1.165) is 102 Å². The lowest BCUT2D eigenvalue weighted by atomic mass is 9.88. The predicted molar refractivity (Wildman–Crippen MR) is 185 cm³/mol. The number of carboxylic acid groups (broad SMARTS) is 1. The number of allylic oxidation sites excluding steroid dienone is 3. The molecule has 0 radical (unpaired) electrons. The van der Waals surface area contributed by atoms with Gasteiger partial charge in [-0.25, -0.2) is 4.79 Å². The molecule has 2 aromatic rings. The summed E-state index contributed by atoms with van der Waals surface area (Å²) in [6.07, 6.45) is 14.3. The summed E-state index contributed by atoms with van der Waals surface area (Å²) in [4.78, 5) is 27.8. The van der Waals surface area contributed by atoms with E-state index >= 15 is 0 Å². The first-order chi connectivity index (χ1) is 21.8. The molecule has 0 bridgehead atoms. The third-order valence-corrected chi connectivity index (χ3v) is 8.93. The molecule has 0 aromatic heterocycles. The Labute approximate surface area is 272 Å². The summed E-state index contributed by atoms with van der Waals surface area (Å²) in [6, 6.07) is 15.7.